The molecule has 0 radical (unpaired) electrons. The molecular formula is C10H16N2O3. The summed E-state index contributed by atoms with van der Waals surface area (Å²) in [7, 11) is 1.39. The highest BCUT2D eigenvalue weighted by molar-refractivity contribution is 6.43. The molecule has 0 spiro atoms. The van der Waals surface area contributed by atoms with Gasteiger partial charge in [0, 0.05) is 19.1 Å². The zero-order valence-corrected chi connectivity index (χ0v) is 8.86. The Morgan fingerprint density at radius 1 is 1.80 bits per heavy atom. The summed E-state index contributed by atoms with van der Waals surface area (Å²) < 4.78 is 5.20. The molecule has 1 rings (SSSR count). The van der Waals surface area contributed by atoms with E-state index in [0.717, 1.165) is 13.0 Å². The minimum atomic E-state index is -0.265. The van der Waals surface area contributed by atoms with E-state index in [1.165, 1.54) is 13.2 Å². The van der Waals surface area contributed by atoms with Crippen molar-refractivity contribution in [1.82, 2.24) is 5.32 Å². The predicted octanol–water partition coefficient (Wildman–Crippen LogP) is 0.327. The Kier molecular flexibility index (Phi) is 4.83. The van der Waals surface area contributed by atoms with E-state index in [-0.39, 0.29) is 11.6 Å². The van der Waals surface area contributed by atoms with E-state index in [0.29, 0.717) is 19.1 Å². The van der Waals surface area contributed by atoms with Gasteiger partial charge in [0.1, 0.15) is 7.11 Å². The van der Waals surface area contributed by atoms with Crippen LogP contribution in [0.1, 0.15) is 6.42 Å². The lowest BCUT2D eigenvalue weighted by Gasteiger charge is -2.08. The number of ether oxygens (including phenoxy) is 1. The van der Waals surface area contributed by atoms with Crippen molar-refractivity contribution >= 4 is 11.6 Å². The Morgan fingerprint density at radius 2 is 2.60 bits per heavy atom. The summed E-state index contributed by atoms with van der Waals surface area (Å²) in [5.74, 6) is 0.140. The van der Waals surface area contributed by atoms with Crippen molar-refractivity contribution in [1.29, 1.82) is 0 Å². The first-order valence-corrected chi connectivity index (χ1v) is 4.87. The van der Waals surface area contributed by atoms with E-state index >= 15 is 0 Å². The highest BCUT2D eigenvalue weighted by atomic mass is 16.6. The van der Waals surface area contributed by atoms with Crippen LogP contribution in [0.25, 0.3) is 0 Å². The molecule has 1 aliphatic heterocycles. The van der Waals surface area contributed by atoms with Crippen LogP contribution in [0.15, 0.2) is 17.8 Å². The summed E-state index contributed by atoms with van der Waals surface area (Å²) in [4.78, 5) is 16.0. The second-order valence-electron chi connectivity index (χ2n) is 3.30. The SMILES string of the molecule is C=C/C(=N\OC)C(=O)NCC1CCOC1. The molecule has 5 nitrogen and oxygen atoms in total. The maximum atomic E-state index is 11.5. The third kappa shape index (κ3) is 3.71. The molecule has 0 saturated carbocycles. The molecule has 0 aromatic heterocycles. The second kappa shape index (κ2) is 6.19. The average Bonchev–Trinajstić information content (AvgIpc) is 2.75. The van der Waals surface area contributed by atoms with E-state index < -0.39 is 0 Å². The molecule has 1 saturated heterocycles. The molecule has 1 N–H and O–H groups in total. The average molecular weight is 212 g/mol. The third-order valence-electron chi connectivity index (χ3n) is 2.19. The molecule has 5 heteroatoms. The molecule has 0 aliphatic carbocycles. The van der Waals surface area contributed by atoms with Gasteiger partial charge in [-0.05, 0) is 12.5 Å². The predicted molar refractivity (Wildman–Crippen MR) is 56.6 cm³/mol. The lowest BCUT2D eigenvalue weighted by atomic mass is 10.1. The first kappa shape index (κ1) is 11.7. The number of nitrogens with zero attached hydrogens (tertiary/aromatic N) is 1. The van der Waals surface area contributed by atoms with E-state index in [9.17, 15) is 4.79 Å². The highest BCUT2D eigenvalue weighted by Crippen LogP contribution is 2.10. The Bertz CT molecular complexity index is 257. The summed E-state index contributed by atoms with van der Waals surface area (Å²) in [5, 5.41) is 6.30. The normalized spacial score (nSPS) is 21.1. The van der Waals surface area contributed by atoms with Crippen LogP contribution >= 0.6 is 0 Å². The molecule has 84 valence electrons. The van der Waals surface area contributed by atoms with Crippen molar-refractivity contribution in [3.8, 4) is 0 Å². The lowest BCUT2D eigenvalue weighted by molar-refractivity contribution is -0.115. The fraction of sp³-hybridized carbons (Fsp3) is 0.600. The van der Waals surface area contributed by atoms with E-state index in [2.05, 4.69) is 21.9 Å². The maximum absolute atomic E-state index is 11.5. The largest absolute Gasteiger partial charge is 0.398 e. The number of hydrogen-bond donors (Lipinski definition) is 1. The molecule has 0 aromatic carbocycles. The van der Waals surface area contributed by atoms with E-state index in [4.69, 9.17) is 4.74 Å². The van der Waals surface area contributed by atoms with Gasteiger partial charge in [0.25, 0.3) is 5.91 Å². The monoisotopic (exact) mass is 212 g/mol. The lowest BCUT2D eigenvalue weighted by Crippen LogP contribution is -2.34. The standard InChI is InChI=1S/C10H16N2O3/c1-3-9(12-14-2)10(13)11-6-8-4-5-15-7-8/h3,8H,1,4-7H2,2H3,(H,11,13)/b12-9+. The molecule has 0 aromatic rings. The number of amides is 1. The zero-order valence-electron chi connectivity index (χ0n) is 8.86. The fourth-order valence-electron chi connectivity index (χ4n) is 1.34. The van der Waals surface area contributed by atoms with Gasteiger partial charge in [-0.3, -0.25) is 4.79 Å². The van der Waals surface area contributed by atoms with Crippen molar-refractivity contribution in [3.05, 3.63) is 12.7 Å². The van der Waals surface area contributed by atoms with Crippen molar-refractivity contribution in [2.45, 2.75) is 6.42 Å². The zero-order chi connectivity index (χ0) is 11.1. The molecule has 1 fully saturated rings. The topological polar surface area (TPSA) is 59.9 Å². The molecule has 1 amide bonds. The van der Waals surface area contributed by atoms with E-state index in [1.54, 1.807) is 0 Å². The summed E-state index contributed by atoms with van der Waals surface area (Å²) >= 11 is 0. The smallest absolute Gasteiger partial charge is 0.273 e. The van der Waals surface area contributed by atoms with Crippen LogP contribution in [0.5, 0.6) is 0 Å². The summed E-state index contributed by atoms with van der Waals surface area (Å²) in [6, 6.07) is 0. The number of hydrogen-bond acceptors (Lipinski definition) is 4. The fourth-order valence-corrected chi connectivity index (χ4v) is 1.34. The van der Waals surface area contributed by atoms with Gasteiger partial charge in [0.05, 0.1) is 6.61 Å². The first-order chi connectivity index (χ1) is 7.27. The van der Waals surface area contributed by atoms with Crippen LogP contribution in [0.2, 0.25) is 0 Å². The molecule has 1 aliphatic rings. The van der Waals surface area contributed by atoms with Crippen LogP contribution < -0.4 is 5.32 Å². The molecule has 1 unspecified atom stereocenters. The van der Waals surface area contributed by atoms with Crippen LogP contribution in [0, 0.1) is 5.92 Å². The quantitative estimate of drug-likeness (QED) is 0.527. The van der Waals surface area contributed by atoms with Gasteiger partial charge >= 0.3 is 0 Å². The summed E-state index contributed by atoms with van der Waals surface area (Å²) in [6.45, 7) is 5.58. The number of nitrogens with one attached hydrogen (secondary N) is 1. The molecular weight excluding hydrogens is 196 g/mol. The Morgan fingerprint density at radius 3 is 3.13 bits per heavy atom. The minimum Gasteiger partial charge on any atom is -0.398 e. The Balaban J connectivity index is 2.33. The van der Waals surface area contributed by atoms with Gasteiger partial charge in [-0.15, -0.1) is 0 Å². The van der Waals surface area contributed by atoms with Gasteiger partial charge in [-0.25, -0.2) is 0 Å². The maximum Gasteiger partial charge on any atom is 0.273 e. The summed E-state index contributed by atoms with van der Waals surface area (Å²) in [6.07, 6.45) is 2.36. The molecule has 15 heavy (non-hydrogen) atoms. The van der Waals surface area contributed by atoms with Crippen LogP contribution in [-0.2, 0) is 14.4 Å². The van der Waals surface area contributed by atoms with Gasteiger partial charge in [-0.2, -0.15) is 0 Å². The molecule has 1 heterocycles. The summed E-state index contributed by atoms with van der Waals surface area (Å²) in [5.41, 5.74) is 0.191. The third-order valence-corrected chi connectivity index (χ3v) is 2.19. The number of carbonyl (C=O) groups excluding carboxylic acids is 1. The minimum absolute atomic E-state index is 0.191. The molecule has 0 bridgehead atoms. The van der Waals surface area contributed by atoms with E-state index in [1.807, 2.05) is 0 Å². The molecule has 1 atom stereocenters. The van der Waals surface area contributed by atoms with Crippen molar-refractivity contribution in [2.24, 2.45) is 11.1 Å². The number of rotatable bonds is 5. The van der Waals surface area contributed by atoms with Crippen molar-refractivity contribution < 1.29 is 14.4 Å². The van der Waals surface area contributed by atoms with Gasteiger partial charge in [0.2, 0.25) is 0 Å². The van der Waals surface area contributed by atoms with Crippen LogP contribution in [0.3, 0.4) is 0 Å². The van der Waals surface area contributed by atoms with Gasteiger partial charge < -0.3 is 14.9 Å². The number of carbonyl (C=O) groups is 1. The van der Waals surface area contributed by atoms with Gasteiger partial charge in [-0.1, -0.05) is 11.7 Å². The highest BCUT2D eigenvalue weighted by Gasteiger charge is 2.17. The van der Waals surface area contributed by atoms with Crippen LogP contribution in [0.4, 0.5) is 0 Å². The Hall–Kier alpha value is -1.36. The van der Waals surface area contributed by atoms with Crippen molar-refractivity contribution in [3.63, 3.8) is 0 Å². The number of oxime groups is 1. The van der Waals surface area contributed by atoms with Crippen LogP contribution in [-0.4, -0.2) is 38.5 Å². The Labute approximate surface area is 89.1 Å². The second-order valence-corrected chi connectivity index (χ2v) is 3.30. The van der Waals surface area contributed by atoms with Crippen molar-refractivity contribution in [2.75, 3.05) is 26.9 Å². The first-order valence-electron chi connectivity index (χ1n) is 4.87. The van der Waals surface area contributed by atoms with Gasteiger partial charge in [0.15, 0.2) is 5.71 Å².